The van der Waals surface area contributed by atoms with Gasteiger partial charge in [0.25, 0.3) is 5.91 Å². The molecule has 1 amide bonds. The van der Waals surface area contributed by atoms with E-state index in [1.54, 1.807) is 23.5 Å². The Kier molecular flexibility index (Phi) is 5.80. The van der Waals surface area contributed by atoms with Crippen molar-refractivity contribution < 1.29 is 9.53 Å². The molecule has 5 heteroatoms. The summed E-state index contributed by atoms with van der Waals surface area (Å²) in [6.45, 7) is 3.05. The van der Waals surface area contributed by atoms with Crippen molar-refractivity contribution in [3.63, 3.8) is 0 Å². The third kappa shape index (κ3) is 4.67. The van der Waals surface area contributed by atoms with Crippen LogP contribution >= 0.6 is 11.3 Å². The van der Waals surface area contributed by atoms with E-state index < -0.39 is 0 Å². The molecule has 0 aliphatic rings. The molecule has 0 aliphatic heterocycles. The van der Waals surface area contributed by atoms with E-state index in [-0.39, 0.29) is 5.91 Å². The van der Waals surface area contributed by atoms with Gasteiger partial charge in [-0.1, -0.05) is 36.4 Å². The number of benzene rings is 2. The molecular formula is C20H20N2O2S. The molecule has 0 radical (unpaired) electrons. The molecule has 0 saturated heterocycles. The Morgan fingerprint density at radius 1 is 1.16 bits per heavy atom. The molecule has 0 atom stereocenters. The van der Waals surface area contributed by atoms with Crippen molar-refractivity contribution in [3.05, 3.63) is 71.2 Å². The summed E-state index contributed by atoms with van der Waals surface area (Å²) in [5.41, 5.74) is 2.72. The predicted octanol–water partition coefficient (Wildman–Crippen LogP) is 4.18. The number of thiazole rings is 1. The minimum atomic E-state index is -0.0972. The Labute approximate surface area is 151 Å². The molecule has 128 valence electrons. The summed E-state index contributed by atoms with van der Waals surface area (Å²) in [7, 11) is 0. The van der Waals surface area contributed by atoms with Crippen molar-refractivity contribution in [2.75, 3.05) is 13.2 Å². The van der Waals surface area contributed by atoms with Gasteiger partial charge >= 0.3 is 0 Å². The highest BCUT2D eigenvalue weighted by Gasteiger charge is 2.08. The smallest absolute Gasteiger partial charge is 0.251 e. The maximum Gasteiger partial charge on any atom is 0.251 e. The SMILES string of the molecule is CCOc1cccc(C(=O)NCCc2csc(-c3ccccc3)n2)c1. The van der Waals surface area contributed by atoms with Crippen LogP contribution in [0.2, 0.25) is 0 Å². The number of amides is 1. The lowest BCUT2D eigenvalue weighted by atomic mass is 10.2. The third-order valence-electron chi connectivity index (χ3n) is 3.65. The molecular weight excluding hydrogens is 332 g/mol. The van der Waals surface area contributed by atoms with E-state index in [4.69, 9.17) is 4.74 Å². The molecule has 0 spiro atoms. The Bertz CT molecular complexity index is 830. The lowest BCUT2D eigenvalue weighted by Crippen LogP contribution is -2.25. The topological polar surface area (TPSA) is 51.2 Å². The van der Waals surface area contributed by atoms with Gasteiger partial charge < -0.3 is 10.1 Å². The van der Waals surface area contributed by atoms with Crippen LogP contribution in [0.1, 0.15) is 23.0 Å². The van der Waals surface area contributed by atoms with Crippen molar-refractivity contribution in [1.82, 2.24) is 10.3 Å². The maximum atomic E-state index is 12.2. The van der Waals surface area contributed by atoms with E-state index in [0.29, 0.717) is 30.9 Å². The van der Waals surface area contributed by atoms with Crippen LogP contribution < -0.4 is 10.1 Å². The summed E-state index contributed by atoms with van der Waals surface area (Å²) in [5, 5.41) is 5.99. The molecule has 0 saturated carbocycles. The molecule has 0 bridgehead atoms. The molecule has 25 heavy (non-hydrogen) atoms. The molecule has 4 nitrogen and oxygen atoms in total. The second-order valence-electron chi connectivity index (χ2n) is 5.48. The second kappa shape index (κ2) is 8.44. The number of ether oxygens (including phenoxy) is 1. The first kappa shape index (κ1) is 17.2. The summed E-state index contributed by atoms with van der Waals surface area (Å²) in [6.07, 6.45) is 0.709. The molecule has 1 heterocycles. The monoisotopic (exact) mass is 352 g/mol. The van der Waals surface area contributed by atoms with Crippen molar-refractivity contribution in [2.24, 2.45) is 0 Å². The summed E-state index contributed by atoms with van der Waals surface area (Å²) < 4.78 is 5.43. The van der Waals surface area contributed by atoms with E-state index >= 15 is 0 Å². The van der Waals surface area contributed by atoms with Crippen LogP contribution in [0.5, 0.6) is 5.75 Å². The van der Waals surface area contributed by atoms with Crippen LogP contribution in [-0.4, -0.2) is 24.0 Å². The molecule has 2 aromatic carbocycles. The van der Waals surface area contributed by atoms with Crippen LogP contribution in [0, 0.1) is 0 Å². The quantitative estimate of drug-likeness (QED) is 0.694. The molecule has 3 rings (SSSR count). The van der Waals surface area contributed by atoms with E-state index in [2.05, 4.69) is 22.4 Å². The average molecular weight is 352 g/mol. The van der Waals surface area contributed by atoms with Gasteiger partial charge in [0.2, 0.25) is 0 Å². The zero-order chi connectivity index (χ0) is 17.5. The van der Waals surface area contributed by atoms with Gasteiger partial charge in [-0.15, -0.1) is 11.3 Å². The number of carbonyl (C=O) groups excluding carboxylic acids is 1. The Balaban J connectivity index is 1.54. The van der Waals surface area contributed by atoms with E-state index in [1.807, 2.05) is 42.6 Å². The average Bonchev–Trinajstić information content (AvgIpc) is 3.12. The van der Waals surface area contributed by atoms with Crippen molar-refractivity contribution >= 4 is 17.2 Å². The molecule has 0 aliphatic carbocycles. The molecule has 0 fully saturated rings. The van der Waals surface area contributed by atoms with Gasteiger partial charge in [-0.25, -0.2) is 4.98 Å². The van der Waals surface area contributed by atoms with Gasteiger partial charge in [0, 0.05) is 29.5 Å². The highest BCUT2D eigenvalue weighted by molar-refractivity contribution is 7.13. The number of carbonyl (C=O) groups is 1. The first-order valence-electron chi connectivity index (χ1n) is 8.27. The zero-order valence-electron chi connectivity index (χ0n) is 14.1. The minimum absolute atomic E-state index is 0.0972. The summed E-state index contributed by atoms with van der Waals surface area (Å²) >= 11 is 1.62. The summed E-state index contributed by atoms with van der Waals surface area (Å²) in [6, 6.07) is 17.3. The lowest BCUT2D eigenvalue weighted by molar-refractivity contribution is 0.0953. The molecule has 3 aromatic rings. The first-order valence-corrected chi connectivity index (χ1v) is 9.15. The Morgan fingerprint density at radius 2 is 2.00 bits per heavy atom. The number of hydrogen-bond acceptors (Lipinski definition) is 4. The van der Waals surface area contributed by atoms with Gasteiger partial charge in [0.05, 0.1) is 12.3 Å². The molecule has 1 aromatic heterocycles. The van der Waals surface area contributed by atoms with Crippen molar-refractivity contribution in [2.45, 2.75) is 13.3 Å². The Morgan fingerprint density at radius 3 is 2.80 bits per heavy atom. The van der Waals surface area contributed by atoms with E-state index in [0.717, 1.165) is 16.3 Å². The molecule has 1 N–H and O–H groups in total. The fourth-order valence-electron chi connectivity index (χ4n) is 2.44. The number of nitrogens with zero attached hydrogens (tertiary/aromatic N) is 1. The maximum absolute atomic E-state index is 12.2. The summed E-state index contributed by atoms with van der Waals surface area (Å²) in [5.74, 6) is 0.613. The highest BCUT2D eigenvalue weighted by atomic mass is 32.1. The first-order chi connectivity index (χ1) is 12.3. The van der Waals surface area contributed by atoms with Crippen LogP contribution in [0.15, 0.2) is 60.0 Å². The third-order valence-corrected chi connectivity index (χ3v) is 4.59. The van der Waals surface area contributed by atoms with Gasteiger partial charge in [0.1, 0.15) is 10.8 Å². The van der Waals surface area contributed by atoms with Gasteiger partial charge in [-0.2, -0.15) is 0 Å². The summed E-state index contributed by atoms with van der Waals surface area (Å²) in [4.78, 5) is 16.9. The number of aromatic nitrogens is 1. The second-order valence-corrected chi connectivity index (χ2v) is 6.33. The number of nitrogens with one attached hydrogen (secondary N) is 1. The van der Waals surface area contributed by atoms with E-state index in [1.165, 1.54) is 0 Å². The fourth-order valence-corrected chi connectivity index (χ4v) is 3.30. The van der Waals surface area contributed by atoms with Gasteiger partial charge in [0.15, 0.2) is 0 Å². The van der Waals surface area contributed by atoms with Crippen LogP contribution in [-0.2, 0) is 6.42 Å². The predicted molar refractivity (Wildman–Crippen MR) is 101 cm³/mol. The van der Waals surface area contributed by atoms with Crippen LogP contribution in [0.3, 0.4) is 0 Å². The Hall–Kier alpha value is -2.66. The number of hydrogen-bond donors (Lipinski definition) is 1. The van der Waals surface area contributed by atoms with E-state index in [9.17, 15) is 4.79 Å². The highest BCUT2D eigenvalue weighted by Crippen LogP contribution is 2.23. The number of rotatable bonds is 7. The van der Waals surface area contributed by atoms with Crippen molar-refractivity contribution in [1.29, 1.82) is 0 Å². The van der Waals surface area contributed by atoms with Crippen molar-refractivity contribution in [3.8, 4) is 16.3 Å². The zero-order valence-corrected chi connectivity index (χ0v) is 14.9. The van der Waals surface area contributed by atoms with Gasteiger partial charge in [-0.05, 0) is 25.1 Å². The van der Waals surface area contributed by atoms with Gasteiger partial charge in [-0.3, -0.25) is 4.79 Å². The largest absolute Gasteiger partial charge is 0.494 e. The normalized spacial score (nSPS) is 10.4. The van der Waals surface area contributed by atoms with Crippen LogP contribution in [0.4, 0.5) is 0 Å². The fraction of sp³-hybridized carbons (Fsp3) is 0.200. The lowest BCUT2D eigenvalue weighted by Gasteiger charge is -2.07. The van der Waals surface area contributed by atoms with Crippen LogP contribution in [0.25, 0.3) is 10.6 Å². The standard InChI is InChI=1S/C20H20N2O2S/c1-2-24-18-10-6-9-16(13-18)19(23)21-12-11-17-14-25-20(22-17)15-7-4-3-5-8-15/h3-10,13-14H,2,11-12H2,1H3,(H,21,23). The molecule has 0 unspecified atom stereocenters. The minimum Gasteiger partial charge on any atom is -0.494 e.